The summed E-state index contributed by atoms with van der Waals surface area (Å²) in [5.74, 6) is 0.873. The highest BCUT2D eigenvalue weighted by Crippen LogP contribution is 2.54. The van der Waals surface area contributed by atoms with Gasteiger partial charge in [0.05, 0.1) is 7.11 Å². The Bertz CT molecular complexity index is 386. The van der Waals surface area contributed by atoms with Crippen LogP contribution in [0.4, 0.5) is 0 Å². The number of ether oxygens (including phenoxy) is 1. The summed E-state index contributed by atoms with van der Waals surface area (Å²) in [5, 5.41) is 0. The van der Waals surface area contributed by atoms with E-state index >= 15 is 0 Å². The molecule has 0 spiro atoms. The van der Waals surface area contributed by atoms with E-state index in [-0.39, 0.29) is 11.5 Å². The number of benzene rings is 1. The molecule has 0 heterocycles. The molecule has 2 rings (SSSR count). The Labute approximate surface area is 96.8 Å². The molecular formula is C13H20N2O. The first-order valence-electron chi connectivity index (χ1n) is 5.73. The number of aryl methyl sites for hydroxylation is 1. The lowest BCUT2D eigenvalue weighted by atomic mass is 9.89. The van der Waals surface area contributed by atoms with Gasteiger partial charge in [0.2, 0.25) is 0 Å². The normalized spacial score (nSPS) is 19.2. The van der Waals surface area contributed by atoms with Crippen molar-refractivity contribution in [2.75, 3.05) is 13.7 Å². The highest BCUT2D eigenvalue weighted by atomic mass is 16.5. The van der Waals surface area contributed by atoms with Gasteiger partial charge >= 0.3 is 0 Å². The van der Waals surface area contributed by atoms with E-state index in [9.17, 15) is 0 Å². The highest BCUT2D eigenvalue weighted by molar-refractivity contribution is 5.40. The lowest BCUT2D eigenvalue weighted by Gasteiger charge is -2.24. The van der Waals surface area contributed by atoms with Gasteiger partial charge in [0, 0.05) is 17.0 Å². The molecule has 0 aromatic heterocycles. The third kappa shape index (κ3) is 1.81. The van der Waals surface area contributed by atoms with Crippen molar-refractivity contribution in [3.63, 3.8) is 0 Å². The number of nitrogens with two attached hydrogens (primary N) is 2. The number of hydrogen-bond donors (Lipinski definition) is 2. The smallest absolute Gasteiger partial charge is 0.123 e. The third-order valence-electron chi connectivity index (χ3n) is 3.68. The standard InChI is InChI=1S/C13H20N2O/c1-9-3-4-11(16-2)10(7-9)12(15)13(8-14)5-6-13/h3-4,7,12H,5-6,8,14-15H2,1-2H3. The molecule has 0 radical (unpaired) electrons. The second-order valence-corrected chi connectivity index (χ2v) is 4.79. The Morgan fingerprint density at radius 2 is 2.12 bits per heavy atom. The molecule has 88 valence electrons. The van der Waals surface area contributed by atoms with E-state index in [0.717, 1.165) is 24.2 Å². The Morgan fingerprint density at radius 3 is 2.62 bits per heavy atom. The van der Waals surface area contributed by atoms with Crippen LogP contribution in [0, 0.1) is 12.3 Å². The van der Waals surface area contributed by atoms with E-state index < -0.39 is 0 Å². The molecule has 0 bridgehead atoms. The van der Waals surface area contributed by atoms with Gasteiger partial charge in [0.15, 0.2) is 0 Å². The fourth-order valence-electron chi connectivity index (χ4n) is 2.23. The van der Waals surface area contributed by atoms with Crippen LogP contribution in [0.25, 0.3) is 0 Å². The van der Waals surface area contributed by atoms with Crippen LogP contribution < -0.4 is 16.2 Å². The van der Waals surface area contributed by atoms with Crippen LogP contribution >= 0.6 is 0 Å². The van der Waals surface area contributed by atoms with Gasteiger partial charge < -0.3 is 16.2 Å². The first-order valence-corrected chi connectivity index (χ1v) is 5.73. The molecule has 0 aliphatic heterocycles. The van der Waals surface area contributed by atoms with E-state index in [1.165, 1.54) is 5.56 Å². The second-order valence-electron chi connectivity index (χ2n) is 4.79. The van der Waals surface area contributed by atoms with Crippen molar-refractivity contribution >= 4 is 0 Å². The molecule has 3 nitrogen and oxygen atoms in total. The summed E-state index contributed by atoms with van der Waals surface area (Å²) in [6.07, 6.45) is 2.25. The molecule has 1 atom stereocenters. The minimum absolute atomic E-state index is 0.00708. The monoisotopic (exact) mass is 220 g/mol. The Balaban J connectivity index is 2.35. The maximum atomic E-state index is 6.33. The van der Waals surface area contributed by atoms with Gasteiger partial charge in [0.1, 0.15) is 5.75 Å². The lowest BCUT2D eigenvalue weighted by molar-refractivity contribution is 0.375. The van der Waals surface area contributed by atoms with Crippen LogP contribution in [0.3, 0.4) is 0 Å². The number of hydrogen-bond acceptors (Lipinski definition) is 3. The Kier molecular flexibility index (Phi) is 2.91. The molecule has 4 N–H and O–H groups in total. The quantitative estimate of drug-likeness (QED) is 0.812. The van der Waals surface area contributed by atoms with E-state index in [1.807, 2.05) is 12.1 Å². The topological polar surface area (TPSA) is 61.3 Å². The molecule has 1 aliphatic carbocycles. The van der Waals surface area contributed by atoms with Crippen LogP contribution in [0.2, 0.25) is 0 Å². The molecule has 3 heteroatoms. The summed E-state index contributed by atoms with van der Waals surface area (Å²) in [5.41, 5.74) is 14.6. The largest absolute Gasteiger partial charge is 0.496 e. The van der Waals surface area contributed by atoms with Gasteiger partial charge in [-0.25, -0.2) is 0 Å². The van der Waals surface area contributed by atoms with Gasteiger partial charge in [0.25, 0.3) is 0 Å². The van der Waals surface area contributed by atoms with Crippen molar-refractivity contribution in [2.24, 2.45) is 16.9 Å². The third-order valence-corrected chi connectivity index (χ3v) is 3.68. The molecule has 0 amide bonds. The zero-order valence-electron chi connectivity index (χ0n) is 9.99. The zero-order chi connectivity index (χ0) is 11.8. The van der Waals surface area contributed by atoms with Crippen molar-refractivity contribution in [3.05, 3.63) is 29.3 Å². The minimum Gasteiger partial charge on any atom is -0.496 e. The summed E-state index contributed by atoms with van der Waals surface area (Å²) in [7, 11) is 1.68. The van der Waals surface area contributed by atoms with Crippen molar-refractivity contribution < 1.29 is 4.74 Å². The van der Waals surface area contributed by atoms with Crippen molar-refractivity contribution in [2.45, 2.75) is 25.8 Å². The molecule has 1 fully saturated rings. The fourth-order valence-corrected chi connectivity index (χ4v) is 2.23. The van der Waals surface area contributed by atoms with Crippen LogP contribution in [0.15, 0.2) is 18.2 Å². The average Bonchev–Trinajstić information content (AvgIpc) is 3.09. The maximum absolute atomic E-state index is 6.33. The Hall–Kier alpha value is -1.06. The summed E-state index contributed by atoms with van der Waals surface area (Å²) in [4.78, 5) is 0. The number of rotatable bonds is 4. The van der Waals surface area contributed by atoms with Crippen molar-refractivity contribution in [1.29, 1.82) is 0 Å². The minimum atomic E-state index is -0.00708. The van der Waals surface area contributed by atoms with Gasteiger partial charge in [-0.05, 0) is 32.4 Å². The van der Waals surface area contributed by atoms with Crippen molar-refractivity contribution in [1.82, 2.24) is 0 Å². The predicted molar refractivity (Wildman–Crippen MR) is 65.4 cm³/mol. The lowest BCUT2D eigenvalue weighted by Crippen LogP contribution is -2.29. The van der Waals surface area contributed by atoms with Gasteiger partial charge in [-0.1, -0.05) is 17.7 Å². The molecule has 1 aromatic rings. The molecule has 1 unspecified atom stereocenters. The maximum Gasteiger partial charge on any atom is 0.123 e. The fraction of sp³-hybridized carbons (Fsp3) is 0.538. The second kappa shape index (κ2) is 4.07. The molecule has 1 aliphatic rings. The van der Waals surface area contributed by atoms with Crippen LogP contribution in [-0.4, -0.2) is 13.7 Å². The Morgan fingerprint density at radius 1 is 1.44 bits per heavy atom. The first-order chi connectivity index (χ1) is 7.63. The number of methoxy groups -OCH3 is 1. The van der Waals surface area contributed by atoms with Gasteiger partial charge in [-0.2, -0.15) is 0 Å². The van der Waals surface area contributed by atoms with Crippen molar-refractivity contribution in [3.8, 4) is 5.75 Å². The van der Waals surface area contributed by atoms with E-state index in [4.69, 9.17) is 16.2 Å². The van der Waals surface area contributed by atoms with Crippen LogP contribution in [0.5, 0.6) is 5.75 Å². The molecule has 1 saturated carbocycles. The van der Waals surface area contributed by atoms with Crippen LogP contribution in [0.1, 0.15) is 30.0 Å². The van der Waals surface area contributed by atoms with Gasteiger partial charge in [-0.15, -0.1) is 0 Å². The average molecular weight is 220 g/mol. The molecule has 16 heavy (non-hydrogen) atoms. The summed E-state index contributed by atoms with van der Waals surface area (Å²) in [6.45, 7) is 2.73. The zero-order valence-corrected chi connectivity index (χ0v) is 9.99. The molecular weight excluding hydrogens is 200 g/mol. The predicted octanol–water partition coefficient (Wildman–Crippen LogP) is 1.74. The van der Waals surface area contributed by atoms with E-state index in [1.54, 1.807) is 7.11 Å². The highest BCUT2D eigenvalue weighted by Gasteiger charge is 2.47. The molecule has 1 aromatic carbocycles. The SMILES string of the molecule is COc1ccc(C)cc1C(N)C1(CN)CC1. The summed E-state index contributed by atoms with van der Waals surface area (Å²) < 4.78 is 5.37. The van der Waals surface area contributed by atoms with Gasteiger partial charge in [-0.3, -0.25) is 0 Å². The van der Waals surface area contributed by atoms with E-state index in [0.29, 0.717) is 6.54 Å². The summed E-state index contributed by atoms with van der Waals surface area (Å²) >= 11 is 0. The van der Waals surface area contributed by atoms with Crippen LogP contribution in [-0.2, 0) is 0 Å². The first kappa shape index (κ1) is 11.4. The molecule has 0 saturated heterocycles. The van der Waals surface area contributed by atoms with E-state index in [2.05, 4.69) is 13.0 Å². The summed E-state index contributed by atoms with van der Waals surface area (Å²) in [6, 6.07) is 6.13.